The molecule has 3 rings (SSSR count). The fourth-order valence-electron chi connectivity index (χ4n) is 3.04. The highest BCUT2D eigenvalue weighted by molar-refractivity contribution is 5.47. The average Bonchev–Trinajstić information content (AvgIpc) is 2.73. The van der Waals surface area contributed by atoms with Crippen LogP contribution < -0.4 is 14.8 Å². The Morgan fingerprint density at radius 3 is 2.95 bits per heavy atom. The number of fused-ring (bicyclic) bond motifs is 1. The van der Waals surface area contributed by atoms with Gasteiger partial charge in [-0.3, -0.25) is 0 Å². The molecule has 1 aromatic rings. The second kappa shape index (κ2) is 6.46. The van der Waals surface area contributed by atoms with E-state index in [0.717, 1.165) is 69.0 Å². The Labute approximate surface area is 120 Å². The summed E-state index contributed by atoms with van der Waals surface area (Å²) in [5.41, 5.74) is 1.16. The molecule has 0 spiro atoms. The first-order valence-electron chi connectivity index (χ1n) is 7.59. The van der Waals surface area contributed by atoms with E-state index >= 15 is 0 Å². The molecule has 2 N–H and O–H groups in total. The Morgan fingerprint density at radius 1 is 1.20 bits per heavy atom. The van der Waals surface area contributed by atoms with Crippen molar-refractivity contribution in [1.82, 2.24) is 5.32 Å². The van der Waals surface area contributed by atoms with E-state index < -0.39 is 0 Å². The van der Waals surface area contributed by atoms with Crippen molar-refractivity contribution in [2.45, 2.75) is 38.3 Å². The lowest BCUT2D eigenvalue weighted by Gasteiger charge is -2.14. The summed E-state index contributed by atoms with van der Waals surface area (Å²) in [4.78, 5) is 0. The van der Waals surface area contributed by atoms with Crippen LogP contribution >= 0.6 is 0 Å². The molecule has 0 bridgehead atoms. The van der Waals surface area contributed by atoms with Crippen LogP contribution in [0.3, 0.4) is 0 Å². The van der Waals surface area contributed by atoms with Crippen molar-refractivity contribution >= 4 is 0 Å². The van der Waals surface area contributed by atoms with Crippen LogP contribution in [0.15, 0.2) is 18.2 Å². The lowest BCUT2D eigenvalue weighted by Crippen LogP contribution is -2.21. The molecular weight excluding hydrogens is 254 g/mol. The quantitative estimate of drug-likeness (QED) is 0.885. The van der Waals surface area contributed by atoms with Gasteiger partial charge in [-0.1, -0.05) is 12.1 Å². The summed E-state index contributed by atoms with van der Waals surface area (Å²) in [5.74, 6) is 2.35. The second-order valence-electron chi connectivity index (χ2n) is 5.76. The third kappa shape index (κ3) is 3.25. The van der Waals surface area contributed by atoms with Gasteiger partial charge in [0.1, 0.15) is 0 Å². The van der Waals surface area contributed by atoms with E-state index in [1.807, 2.05) is 12.1 Å². The van der Waals surface area contributed by atoms with E-state index in [0.29, 0.717) is 5.92 Å². The highest BCUT2D eigenvalue weighted by Gasteiger charge is 2.22. The summed E-state index contributed by atoms with van der Waals surface area (Å²) in [6.07, 6.45) is 3.85. The number of nitrogens with one attached hydrogen (secondary N) is 1. The van der Waals surface area contributed by atoms with Gasteiger partial charge in [-0.15, -0.1) is 0 Å². The van der Waals surface area contributed by atoms with E-state index in [1.54, 1.807) is 0 Å². The number of benzene rings is 1. The standard InChI is InChI=1S/C16H23NO3/c18-14-6-5-12(9-14)10-17-11-13-3-1-4-15-16(13)20-8-2-7-19-15/h1,3-4,12,14,17-18H,2,5-11H2. The molecule has 1 aromatic carbocycles. The van der Waals surface area contributed by atoms with Gasteiger partial charge in [0.05, 0.1) is 19.3 Å². The van der Waals surface area contributed by atoms with Crippen molar-refractivity contribution in [2.24, 2.45) is 5.92 Å². The number of aliphatic hydroxyl groups excluding tert-OH is 1. The molecule has 0 amide bonds. The molecule has 1 fully saturated rings. The number of ether oxygens (including phenoxy) is 2. The normalized spacial score (nSPS) is 25.4. The lowest BCUT2D eigenvalue weighted by molar-refractivity contribution is 0.177. The Balaban J connectivity index is 1.57. The molecular formula is C16H23NO3. The van der Waals surface area contributed by atoms with Crippen LogP contribution in [0.1, 0.15) is 31.2 Å². The number of hydrogen-bond acceptors (Lipinski definition) is 4. The van der Waals surface area contributed by atoms with Crippen LogP contribution in [0.5, 0.6) is 11.5 Å². The zero-order chi connectivity index (χ0) is 13.8. The Morgan fingerprint density at radius 2 is 2.10 bits per heavy atom. The SMILES string of the molecule is OC1CCC(CNCc2cccc3c2OCCCO3)C1. The predicted molar refractivity (Wildman–Crippen MR) is 77.1 cm³/mol. The molecule has 2 atom stereocenters. The van der Waals surface area contributed by atoms with Gasteiger partial charge in [-0.05, 0) is 37.8 Å². The van der Waals surface area contributed by atoms with Gasteiger partial charge >= 0.3 is 0 Å². The summed E-state index contributed by atoms with van der Waals surface area (Å²) in [7, 11) is 0. The van der Waals surface area contributed by atoms with Crippen LogP contribution in [0.25, 0.3) is 0 Å². The van der Waals surface area contributed by atoms with E-state index in [9.17, 15) is 5.11 Å². The van der Waals surface area contributed by atoms with E-state index in [1.165, 1.54) is 0 Å². The van der Waals surface area contributed by atoms with Gasteiger partial charge in [-0.2, -0.15) is 0 Å². The summed E-state index contributed by atoms with van der Waals surface area (Å²) in [6, 6.07) is 6.07. The molecule has 110 valence electrons. The van der Waals surface area contributed by atoms with Crippen molar-refractivity contribution < 1.29 is 14.6 Å². The fraction of sp³-hybridized carbons (Fsp3) is 0.625. The van der Waals surface area contributed by atoms with Crippen molar-refractivity contribution in [1.29, 1.82) is 0 Å². The first-order valence-corrected chi connectivity index (χ1v) is 7.59. The minimum absolute atomic E-state index is 0.0912. The van der Waals surface area contributed by atoms with Crippen molar-refractivity contribution in [2.75, 3.05) is 19.8 Å². The molecule has 0 radical (unpaired) electrons. The monoisotopic (exact) mass is 277 g/mol. The minimum atomic E-state index is -0.0912. The van der Waals surface area contributed by atoms with Crippen LogP contribution in [-0.2, 0) is 6.54 Å². The fourth-order valence-corrected chi connectivity index (χ4v) is 3.04. The topological polar surface area (TPSA) is 50.7 Å². The highest BCUT2D eigenvalue weighted by Crippen LogP contribution is 2.33. The van der Waals surface area contributed by atoms with Gasteiger partial charge in [0.25, 0.3) is 0 Å². The van der Waals surface area contributed by atoms with Crippen LogP contribution in [0, 0.1) is 5.92 Å². The van der Waals surface area contributed by atoms with E-state index in [-0.39, 0.29) is 6.10 Å². The maximum Gasteiger partial charge on any atom is 0.165 e. The summed E-state index contributed by atoms with van der Waals surface area (Å²) in [6.45, 7) is 3.20. The zero-order valence-corrected chi connectivity index (χ0v) is 11.8. The Kier molecular flexibility index (Phi) is 4.43. The molecule has 20 heavy (non-hydrogen) atoms. The largest absolute Gasteiger partial charge is 0.490 e. The van der Waals surface area contributed by atoms with Crippen LogP contribution in [0.4, 0.5) is 0 Å². The number of rotatable bonds is 4. The minimum Gasteiger partial charge on any atom is -0.490 e. The number of para-hydroxylation sites is 1. The Hall–Kier alpha value is -1.26. The molecule has 4 nitrogen and oxygen atoms in total. The third-order valence-corrected chi connectivity index (χ3v) is 4.12. The van der Waals surface area contributed by atoms with Gasteiger partial charge in [0.15, 0.2) is 11.5 Å². The van der Waals surface area contributed by atoms with Crippen molar-refractivity contribution in [3.63, 3.8) is 0 Å². The predicted octanol–water partition coefficient (Wildman–Crippen LogP) is 2.10. The van der Waals surface area contributed by atoms with E-state index in [2.05, 4.69) is 11.4 Å². The maximum absolute atomic E-state index is 9.54. The molecule has 2 aliphatic rings. The third-order valence-electron chi connectivity index (χ3n) is 4.12. The molecule has 1 aliphatic heterocycles. The van der Waals surface area contributed by atoms with Crippen molar-refractivity contribution in [3.05, 3.63) is 23.8 Å². The van der Waals surface area contributed by atoms with Crippen LogP contribution in [-0.4, -0.2) is 31.0 Å². The van der Waals surface area contributed by atoms with Gasteiger partial charge in [-0.25, -0.2) is 0 Å². The van der Waals surface area contributed by atoms with Crippen LogP contribution in [0.2, 0.25) is 0 Å². The smallest absolute Gasteiger partial charge is 0.165 e. The average molecular weight is 277 g/mol. The molecule has 1 heterocycles. The van der Waals surface area contributed by atoms with E-state index in [4.69, 9.17) is 9.47 Å². The summed E-state index contributed by atoms with van der Waals surface area (Å²) in [5, 5.41) is 13.0. The molecule has 0 saturated heterocycles. The lowest BCUT2D eigenvalue weighted by atomic mass is 10.1. The Bertz CT molecular complexity index is 449. The summed E-state index contributed by atoms with van der Waals surface area (Å²) >= 11 is 0. The maximum atomic E-state index is 9.54. The molecule has 1 saturated carbocycles. The zero-order valence-electron chi connectivity index (χ0n) is 11.8. The summed E-state index contributed by atoms with van der Waals surface area (Å²) < 4.78 is 11.5. The molecule has 4 heteroatoms. The number of aliphatic hydroxyl groups is 1. The van der Waals surface area contributed by atoms with Crippen molar-refractivity contribution in [3.8, 4) is 11.5 Å². The molecule has 2 unspecified atom stereocenters. The van der Waals surface area contributed by atoms with Gasteiger partial charge in [0.2, 0.25) is 0 Å². The highest BCUT2D eigenvalue weighted by atomic mass is 16.5. The van der Waals surface area contributed by atoms with Gasteiger partial charge in [0, 0.05) is 18.5 Å². The van der Waals surface area contributed by atoms with Gasteiger partial charge < -0.3 is 19.9 Å². The first kappa shape index (κ1) is 13.7. The molecule has 0 aromatic heterocycles. The first-order chi connectivity index (χ1) is 9.83. The molecule has 1 aliphatic carbocycles. The second-order valence-corrected chi connectivity index (χ2v) is 5.76. The number of hydrogen-bond donors (Lipinski definition) is 2.